The molecule has 17 heavy (non-hydrogen) atoms. The molecule has 0 aromatic carbocycles. The van der Waals surface area contributed by atoms with Crippen LogP contribution < -0.4 is 5.32 Å². The standard InChI is InChI=1S/C10H14F3N3O/c1-7(3-2-6-17)14-9-5-4-8(15-16-9)10(11,12)13/h4-5,7,17H,2-3,6H2,1H3,(H,14,16). The van der Waals surface area contributed by atoms with Crippen LogP contribution in [0.5, 0.6) is 0 Å². The fourth-order valence-electron chi connectivity index (χ4n) is 1.28. The second kappa shape index (κ2) is 5.81. The number of aliphatic hydroxyl groups excluding tert-OH is 1. The molecule has 1 atom stereocenters. The number of halogens is 3. The first-order valence-electron chi connectivity index (χ1n) is 5.22. The SMILES string of the molecule is CC(CCCO)Nc1ccc(C(F)(F)F)nn1. The zero-order valence-corrected chi connectivity index (χ0v) is 9.33. The molecule has 0 amide bonds. The van der Waals surface area contributed by atoms with Crippen LogP contribution in [0.2, 0.25) is 0 Å². The molecule has 0 aliphatic rings. The monoisotopic (exact) mass is 249 g/mol. The third kappa shape index (κ3) is 4.56. The lowest BCUT2D eigenvalue weighted by Crippen LogP contribution is -2.17. The molecule has 0 aliphatic heterocycles. The third-order valence-electron chi connectivity index (χ3n) is 2.14. The highest BCUT2D eigenvalue weighted by molar-refractivity contribution is 5.34. The molecule has 0 aliphatic carbocycles. The van der Waals surface area contributed by atoms with Crippen LogP contribution in [0.1, 0.15) is 25.5 Å². The van der Waals surface area contributed by atoms with Crippen LogP contribution in [0.25, 0.3) is 0 Å². The second-order valence-corrected chi connectivity index (χ2v) is 3.71. The number of rotatable bonds is 5. The van der Waals surface area contributed by atoms with E-state index in [9.17, 15) is 13.2 Å². The average Bonchev–Trinajstić information content (AvgIpc) is 2.26. The number of nitrogens with one attached hydrogen (secondary N) is 1. The fourth-order valence-corrected chi connectivity index (χ4v) is 1.28. The number of anilines is 1. The molecular weight excluding hydrogens is 235 g/mol. The van der Waals surface area contributed by atoms with Crippen molar-refractivity contribution in [1.82, 2.24) is 10.2 Å². The smallest absolute Gasteiger partial charge is 0.396 e. The van der Waals surface area contributed by atoms with E-state index in [1.165, 1.54) is 6.07 Å². The molecule has 0 saturated heterocycles. The maximum Gasteiger partial charge on any atom is 0.435 e. The molecule has 1 rings (SSSR count). The van der Waals surface area contributed by atoms with Gasteiger partial charge < -0.3 is 10.4 Å². The summed E-state index contributed by atoms with van der Waals surface area (Å²) in [4.78, 5) is 0. The Morgan fingerprint density at radius 2 is 2.06 bits per heavy atom. The van der Waals surface area contributed by atoms with Crippen molar-refractivity contribution in [2.75, 3.05) is 11.9 Å². The summed E-state index contributed by atoms with van der Waals surface area (Å²) in [5.41, 5.74) is -1.01. The van der Waals surface area contributed by atoms with E-state index < -0.39 is 11.9 Å². The Hall–Kier alpha value is -1.37. The van der Waals surface area contributed by atoms with Gasteiger partial charge in [0, 0.05) is 12.6 Å². The minimum Gasteiger partial charge on any atom is -0.396 e. The quantitative estimate of drug-likeness (QED) is 0.838. The molecule has 4 nitrogen and oxygen atoms in total. The van der Waals surface area contributed by atoms with Crippen molar-refractivity contribution in [3.63, 3.8) is 0 Å². The van der Waals surface area contributed by atoms with Gasteiger partial charge in [0.2, 0.25) is 0 Å². The predicted octanol–water partition coefficient (Wildman–Crippen LogP) is 2.07. The molecule has 7 heteroatoms. The van der Waals surface area contributed by atoms with Gasteiger partial charge in [0.1, 0.15) is 5.82 Å². The maximum absolute atomic E-state index is 12.2. The number of hydrogen-bond acceptors (Lipinski definition) is 4. The number of nitrogens with zero attached hydrogens (tertiary/aromatic N) is 2. The van der Waals surface area contributed by atoms with Gasteiger partial charge in [-0.25, -0.2) is 0 Å². The maximum atomic E-state index is 12.2. The topological polar surface area (TPSA) is 58.0 Å². The van der Waals surface area contributed by atoms with Gasteiger partial charge in [-0.3, -0.25) is 0 Å². The third-order valence-corrected chi connectivity index (χ3v) is 2.14. The van der Waals surface area contributed by atoms with Gasteiger partial charge in [-0.15, -0.1) is 10.2 Å². The molecule has 1 aromatic rings. The molecule has 96 valence electrons. The number of hydrogen-bond donors (Lipinski definition) is 2. The highest BCUT2D eigenvalue weighted by Gasteiger charge is 2.32. The van der Waals surface area contributed by atoms with E-state index in [1.807, 2.05) is 6.92 Å². The molecule has 0 saturated carbocycles. The first-order valence-corrected chi connectivity index (χ1v) is 5.22. The van der Waals surface area contributed by atoms with Gasteiger partial charge in [-0.05, 0) is 31.9 Å². The first-order chi connectivity index (χ1) is 7.93. The largest absolute Gasteiger partial charge is 0.435 e. The van der Waals surface area contributed by atoms with Gasteiger partial charge in [0.15, 0.2) is 5.69 Å². The average molecular weight is 249 g/mol. The number of aromatic nitrogens is 2. The van der Waals surface area contributed by atoms with Crippen LogP contribution in [0.15, 0.2) is 12.1 Å². The van der Waals surface area contributed by atoms with Crippen LogP contribution in [-0.2, 0) is 6.18 Å². The van der Waals surface area contributed by atoms with Crippen LogP contribution in [-0.4, -0.2) is 28.0 Å². The van der Waals surface area contributed by atoms with Gasteiger partial charge in [0.05, 0.1) is 0 Å². The summed E-state index contributed by atoms with van der Waals surface area (Å²) in [6.45, 7) is 1.94. The van der Waals surface area contributed by atoms with E-state index in [4.69, 9.17) is 5.11 Å². The van der Waals surface area contributed by atoms with Crippen LogP contribution in [0.3, 0.4) is 0 Å². The Labute approximate surface area is 96.9 Å². The molecule has 0 fully saturated rings. The van der Waals surface area contributed by atoms with E-state index >= 15 is 0 Å². The fraction of sp³-hybridized carbons (Fsp3) is 0.600. The van der Waals surface area contributed by atoms with Crippen molar-refractivity contribution >= 4 is 5.82 Å². The Bertz CT molecular complexity index is 340. The van der Waals surface area contributed by atoms with Crippen molar-refractivity contribution in [3.8, 4) is 0 Å². The zero-order valence-electron chi connectivity index (χ0n) is 9.33. The molecule has 0 spiro atoms. The summed E-state index contributed by atoms with van der Waals surface area (Å²) in [5.74, 6) is 0.295. The Morgan fingerprint density at radius 1 is 1.35 bits per heavy atom. The minimum atomic E-state index is -4.46. The highest BCUT2D eigenvalue weighted by Crippen LogP contribution is 2.27. The lowest BCUT2D eigenvalue weighted by molar-refractivity contribution is -0.141. The van der Waals surface area contributed by atoms with Crippen LogP contribution >= 0.6 is 0 Å². The van der Waals surface area contributed by atoms with Gasteiger partial charge in [-0.2, -0.15) is 13.2 Å². The summed E-state index contributed by atoms with van der Waals surface area (Å²) in [7, 11) is 0. The zero-order chi connectivity index (χ0) is 12.9. The summed E-state index contributed by atoms with van der Waals surface area (Å²) in [6.07, 6.45) is -3.13. The minimum absolute atomic E-state index is 0.0215. The molecule has 1 heterocycles. The molecule has 0 bridgehead atoms. The first kappa shape index (κ1) is 13.7. The van der Waals surface area contributed by atoms with Crippen molar-refractivity contribution in [2.24, 2.45) is 0 Å². The Kier molecular flexibility index (Phi) is 4.68. The normalized spacial score (nSPS) is 13.5. The van der Waals surface area contributed by atoms with E-state index in [0.29, 0.717) is 18.7 Å². The van der Waals surface area contributed by atoms with Crippen molar-refractivity contribution < 1.29 is 18.3 Å². The summed E-state index contributed by atoms with van der Waals surface area (Å²) in [6, 6.07) is 2.15. The molecule has 1 unspecified atom stereocenters. The lowest BCUT2D eigenvalue weighted by atomic mass is 10.2. The predicted molar refractivity (Wildman–Crippen MR) is 56.4 cm³/mol. The molecular formula is C10H14F3N3O. The summed E-state index contributed by atoms with van der Waals surface area (Å²) < 4.78 is 36.6. The lowest BCUT2D eigenvalue weighted by Gasteiger charge is -2.13. The van der Waals surface area contributed by atoms with E-state index in [0.717, 1.165) is 6.07 Å². The van der Waals surface area contributed by atoms with Crippen molar-refractivity contribution in [3.05, 3.63) is 17.8 Å². The van der Waals surface area contributed by atoms with Gasteiger partial charge >= 0.3 is 6.18 Å². The molecule has 0 radical (unpaired) electrons. The Morgan fingerprint density at radius 3 is 2.53 bits per heavy atom. The van der Waals surface area contributed by atoms with Crippen molar-refractivity contribution in [2.45, 2.75) is 32.0 Å². The van der Waals surface area contributed by atoms with Crippen LogP contribution in [0, 0.1) is 0 Å². The van der Waals surface area contributed by atoms with E-state index in [1.54, 1.807) is 0 Å². The number of aliphatic hydroxyl groups is 1. The van der Waals surface area contributed by atoms with Crippen molar-refractivity contribution in [1.29, 1.82) is 0 Å². The number of alkyl halides is 3. The summed E-state index contributed by atoms with van der Waals surface area (Å²) in [5, 5.41) is 18.1. The highest BCUT2D eigenvalue weighted by atomic mass is 19.4. The van der Waals surface area contributed by atoms with E-state index in [2.05, 4.69) is 15.5 Å². The molecule has 2 N–H and O–H groups in total. The summed E-state index contributed by atoms with van der Waals surface area (Å²) >= 11 is 0. The Balaban J connectivity index is 2.56. The van der Waals surface area contributed by atoms with Crippen LogP contribution in [0.4, 0.5) is 19.0 Å². The molecule has 1 aromatic heterocycles. The van der Waals surface area contributed by atoms with Gasteiger partial charge in [-0.1, -0.05) is 0 Å². The second-order valence-electron chi connectivity index (χ2n) is 3.71. The van der Waals surface area contributed by atoms with E-state index in [-0.39, 0.29) is 12.6 Å². The van der Waals surface area contributed by atoms with Gasteiger partial charge in [0.25, 0.3) is 0 Å².